The van der Waals surface area contributed by atoms with Gasteiger partial charge in [-0.15, -0.1) is 0 Å². The van der Waals surface area contributed by atoms with Crippen LogP contribution in [0, 0.1) is 0 Å². The maximum absolute atomic E-state index is 2.74. The SMILES string of the molecule is c1ccc([Si](c2ccccc2)(c2ccccc2)c2ccc3c(c2)B2c4ccccc4-c4cc5c6c(c42)N3c2ccccc2B6c2ccccc2-5)cc1. The maximum Gasteiger partial charge on any atom is 0.248 e. The van der Waals surface area contributed by atoms with Gasteiger partial charge >= 0.3 is 0 Å². The van der Waals surface area contributed by atoms with Crippen LogP contribution in [0.25, 0.3) is 22.3 Å². The number of hydrogen-bond donors (Lipinski definition) is 0. The van der Waals surface area contributed by atoms with Crippen molar-refractivity contribution in [1.29, 1.82) is 0 Å². The number of anilines is 3. The zero-order valence-corrected chi connectivity index (χ0v) is 29.5. The van der Waals surface area contributed by atoms with Gasteiger partial charge in [-0.2, -0.15) is 0 Å². The molecular formula is C48H31B2NSi. The van der Waals surface area contributed by atoms with Crippen LogP contribution in [-0.2, 0) is 0 Å². The summed E-state index contributed by atoms with van der Waals surface area (Å²) in [6.45, 7) is 0.389. The van der Waals surface area contributed by atoms with Crippen LogP contribution in [0.2, 0.25) is 0 Å². The largest absolute Gasteiger partial charge is 0.312 e. The molecule has 4 heterocycles. The van der Waals surface area contributed by atoms with Gasteiger partial charge in [-0.3, -0.25) is 0 Å². The molecule has 0 unspecified atom stereocenters. The number of rotatable bonds is 4. The zero-order chi connectivity index (χ0) is 34.0. The van der Waals surface area contributed by atoms with Crippen molar-refractivity contribution in [3.8, 4) is 22.3 Å². The van der Waals surface area contributed by atoms with Gasteiger partial charge in [0.15, 0.2) is 8.07 Å². The summed E-state index contributed by atoms with van der Waals surface area (Å²) in [5, 5.41) is 5.62. The van der Waals surface area contributed by atoms with Crippen LogP contribution < -0.4 is 58.4 Å². The van der Waals surface area contributed by atoms with Crippen molar-refractivity contribution in [2.75, 3.05) is 4.90 Å². The summed E-state index contributed by atoms with van der Waals surface area (Å²) in [6.07, 6.45) is 0. The normalized spacial score (nSPS) is 13.7. The van der Waals surface area contributed by atoms with Crippen molar-refractivity contribution in [3.05, 3.63) is 188 Å². The van der Waals surface area contributed by atoms with Crippen molar-refractivity contribution < 1.29 is 0 Å². The summed E-state index contributed by atoms with van der Waals surface area (Å²) >= 11 is 0. The van der Waals surface area contributed by atoms with Gasteiger partial charge in [-0.05, 0) is 83.1 Å². The first-order chi connectivity index (χ1) is 25.8. The Kier molecular flexibility index (Phi) is 5.76. The molecule has 8 aromatic carbocycles. The molecule has 0 atom stereocenters. The molecule has 238 valence electrons. The van der Waals surface area contributed by atoms with E-state index in [1.54, 1.807) is 0 Å². The molecule has 1 nitrogen and oxygen atoms in total. The average Bonchev–Trinajstić information content (AvgIpc) is 3.74. The fraction of sp³-hybridized carbons (Fsp3) is 0. The Morgan fingerprint density at radius 1 is 0.327 bits per heavy atom. The monoisotopic (exact) mass is 671 g/mol. The third kappa shape index (κ3) is 3.50. The fourth-order valence-electron chi connectivity index (χ4n) is 10.5. The fourth-order valence-corrected chi connectivity index (χ4v) is 15.3. The van der Waals surface area contributed by atoms with Gasteiger partial charge in [0.2, 0.25) is 13.4 Å². The predicted molar refractivity (Wildman–Crippen MR) is 225 cm³/mol. The Hall–Kier alpha value is -6.09. The summed E-state index contributed by atoms with van der Waals surface area (Å²) in [6, 6.07) is 71.6. The van der Waals surface area contributed by atoms with Crippen molar-refractivity contribution in [3.63, 3.8) is 0 Å². The Morgan fingerprint density at radius 3 is 1.33 bits per heavy atom. The van der Waals surface area contributed by atoms with Gasteiger partial charge in [0.05, 0.1) is 0 Å². The Labute approximate surface area is 306 Å². The molecule has 4 aliphatic rings. The topological polar surface area (TPSA) is 3.24 Å². The molecule has 0 bridgehead atoms. The molecule has 12 rings (SSSR count). The highest BCUT2D eigenvalue weighted by molar-refractivity contribution is 7.20. The van der Waals surface area contributed by atoms with Crippen LogP contribution in [0.1, 0.15) is 0 Å². The zero-order valence-electron chi connectivity index (χ0n) is 28.5. The molecule has 0 aromatic heterocycles. The molecule has 0 saturated heterocycles. The molecule has 0 saturated carbocycles. The van der Waals surface area contributed by atoms with Gasteiger partial charge in [0.25, 0.3) is 0 Å². The quantitative estimate of drug-likeness (QED) is 0.201. The van der Waals surface area contributed by atoms with E-state index in [4.69, 9.17) is 0 Å². The van der Waals surface area contributed by atoms with Crippen molar-refractivity contribution in [1.82, 2.24) is 0 Å². The van der Waals surface area contributed by atoms with E-state index in [2.05, 4.69) is 193 Å². The highest BCUT2D eigenvalue weighted by Crippen LogP contribution is 2.45. The van der Waals surface area contributed by atoms with E-state index in [-0.39, 0.29) is 13.4 Å². The predicted octanol–water partition coefficient (Wildman–Crippen LogP) is 4.15. The van der Waals surface area contributed by atoms with Gasteiger partial charge in [0, 0.05) is 17.1 Å². The molecule has 0 radical (unpaired) electrons. The third-order valence-electron chi connectivity index (χ3n) is 12.4. The summed E-state index contributed by atoms with van der Waals surface area (Å²) in [7, 11) is -2.74. The van der Waals surface area contributed by atoms with Crippen LogP contribution in [0.15, 0.2) is 188 Å². The van der Waals surface area contributed by atoms with Crippen LogP contribution in [0.5, 0.6) is 0 Å². The summed E-state index contributed by atoms with van der Waals surface area (Å²) < 4.78 is 0. The van der Waals surface area contributed by atoms with Crippen molar-refractivity contribution >= 4 is 92.1 Å². The van der Waals surface area contributed by atoms with E-state index < -0.39 is 8.07 Å². The number of benzene rings is 8. The van der Waals surface area contributed by atoms with E-state index >= 15 is 0 Å². The van der Waals surface area contributed by atoms with Crippen molar-refractivity contribution in [2.45, 2.75) is 0 Å². The summed E-state index contributed by atoms with van der Waals surface area (Å²) in [5.41, 5.74) is 18.2. The average molecular weight is 671 g/mol. The van der Waals surface area contributed by atoms with Crippen molar-refractivity contribution in [2.24, 2.45) is 0 Å². The van der Waals surface area contributed by atoms with E-state index in [0.29, 0.717) is 0 Å². The Balaban J connectivity index is 1.21. The lowest BCUT2D eigenvalue weighted by molar-refractivity contribution is 1.31. The lowest BCUT2D eigenvalue weighted by atomic mass is 9.32. The first-order valence-corrected chi connectivity index (χ1v) is 20.4. The second kappa shape index (κ2) is 10.5. The minimum Gasteiger partial charge on any atom is -0.312 e. The van der Waals surface area contributed by atoms with Crippen LogP contribution in [0.4, 0.5) is 17.1 Å². The molecule has 0 spiro atoms. The third-order valence-corrected chi connectivity index (χ3v) is 17.2. The number of hydrogen-bond acceptors (Lipinski definition) is 1. The Morgan fingerprint density at radius 2 is 0.769 bits per heavy atom. The van der Waals surface area contributed by atoms with E-state index in [0.717, 1.165) is 0 Å². The first kappa shape index (κ1) is 28.6. The minimum absolute atomic E-state index is 0.154. The highest BCUT2D eigenvalue weighted by Gasteiger charge is 2.51. The molecule has 52 heavy (non-hydrogen) atoms. The van der Waals surface area contributed by atoms with E-state index in [1.807, 2.05) is 0 Å². The lowest BCUT2D eigenvalue weighted by Crippen LogP contribution is -2.75. The Bertz CT molecular complexity index is 2670. The van der Waals surface area contributed by atoms with Gasteiger partial charge < -0.3 is 4.90 Å². The number of fused-ring (bicyclic) bond motifs is 12. The minimum atomic E-state index is -2.74. The highest BCUT2D eigenvalue weighted by atomic mass is 28.3. The molecule has 0 aliphatic carbocycles. The van der Waals surface area contributed by atoms with Gasteiger partial charge in [0.1, 0.15) is 0 Å². The molecule has 8 aromatic rings. The standard InChI is InChI=1S/C48H31B2NSi/c1-4-16-32(17-5-1)52(33-18-6-2-7-19-33,34-20-8-3-9-21-34)35-28-29-45-43(30-35)50-41-25-13-11-23-37(41)39-31-38-36-22-10-12-24-40(36)49-42-26-14-15-27-44(42)51(45)48(46(38)49)47(39)50/h1-31H. The molecule has 4 heteroatoms. The maximum atomic E-state index is 2.65. The number of nitrogens with zero attached hydrogens (tertiary/aromatic N) is 1. The second-order valence-electron chi connectivity index (χ2n) is 14.7. The van der Waals surface area contributed by atoms with Gasteiger partial charge in [-0.1, -0.05) is 181 Å². The van der Waals surface area contributed by atoms with E-state index in [9.17, 15) is 0 Å². The number of para-hydroxylation sites is 1. The summed E-state index contributed by atoms with van der Waals surface area (Å²) in [5.74, 6) is 0. The van der Waals surface area contributed by atoms with Crippen LogP contribution in [0.3, 0.4) is 0 Å². The molecule has 0 N–H and O–H groups in total. The van der Waals surface area contributed by atoms with Crippen LogP contribution in [-0.4, -0.2) is 21.5 Å². The molecule has 0 fully saturated rings. The van der Waals surface area contributed by atoms with E-state index in [1.165, 1.54) is 92.8 Å². The lowest BCUT2D eigenvalue weighted by Gasteiger charge is -2.43. The molecule has 4 aliphatic heterocycles. The summed E-state index contributed by atoms with van der Waals surface area (Å²) in [4.78, 5) is 2.65. The molecular weight excluding hydrogens is 640 g/mol. The van der Waals surface area contributed by atoms with Gasteiger partial charge in [-0.25, -0.2) is 0 Å². The molecule has 0 amide bonds. The first-order valence-electron chi connectivity index (χ1n) is 18.4. The smallest absolute Gasteiger partial charge is 0.248 e. The van der Waals surface area contributed by atoms with Crippen LogP contribution >= 0.6 is 0 Å². The second-order valence-corrected chi connectivity index (χ2v) is 18.5.